The minimum atomic E-state index is -3.44. The van der Waals surface area contributed by atoms with Crippen LogP contribution in [0.2, 0.25) is 0 Å². The van der Waals surface area contributed by atoms with Gasteiger partial charge in [-0.3, -0.25) is 9.10 Å². The number of anilines is 2. The third kappa shape index (κ3) is 4.92. The zero-order chi connectivity index (χ0) is 20.9. The van der Waals surface area contributed by atoms with Crippen LogP contribution in [-0.2, 0) is 10.0 Å². The van der Waals surface area contributed by atoms with Crippen molar-refractivity contribution in [2.45, 2.75) is 0 Å². The van der Waals surface area contributed by atoms with Crippen molar-refractivity contribution in [1.29, 1.82) is 0 Å². The van der Waals surface area contributed by atoms with Crippen molar-refractivity contribution < 1.29 is 13.2 Å². The summed E-state index contributed by atoms with van der Waals surface area (Å²) in [5, 5.41) is 2.94. The lowest BCUT2D eigenvalue weighted by atomic mass is 10.0. The van der Waals surface area contributed by atoms with Crippen LogP contribution < -0.4 is 9.62 Å². The maximum Gasteiger partial charge on any atom is 0.255 e. The Kier molecular flexibility index (Phi) is 6.14. The summed E-state index contributed by atoms with van der Waals surface area (Å²) < 4.78 is 25.1. The average Bonchev–Trinajstić information content (AvgIpc) is 2.72. The van der Waals surface area contributed by atoms with E-state index in [-0.39, 0.29) is 12.5 Å². The number of para-hydroxylation sites is 1. The van der Waals surface area contributed by atoms with E-state index >= 15 is 0 Å². The van der Waals surface area contributed by atoms with Crippen molar-refractivity contribution in [3.05, 3.63) is 97.1 Å². The van der Waals surface area contributed by atoms with Gasteiger partial charge in [0.05, 0.1) is 18.5 Å². The minimum absolute atomic E-state index is 0.162. The van der Waals surface area contributed by atoms with E-state index in [2.05, 4.69) is 11.9 Å². The summed E-state index contributed by atoms with van der Waals surface area (Å²) in [6, 6.07) is 23.8. The van der Waals surface area contributed by atoms with E-state index in [0.717, 1.165) is 17.4 Å². The summed E-state index contributed by atoms with van der Waals surface area (Å²) in [6.45, 7) is 3.76. The molecule has 3 rings (SSSR count). The number of amides is 1. The molecule has 0 bridgehead atoms. The second kappa shape index (κ2) is 8.75. The van der Waals surface area contributed by atoms with E-state index < -0.39 is 10.0 Å². The zero-order valence-corrected chi connectivity index (χ0v) is 16.9. The maximum atomic E-state index is 12.7. The predicted molar refractivity (Wildman–Crippen MR) is 119 cm³/mol. The molecule has 6 heteroatoms. The number of nitrogens with one attached hydrogen (secondary N) is 1. The Balaban J connectivity index is 1.83. The fourth-order valence-electron chi connectivity index (χ4n) is 2.98. The van der Waals surface area contributed by atoms with Crippen molar-refractivity contribution in [3.8, 4) is 11.1 Å². The van der Waals surface area contributed by atoms with Crippen molar-refractivity contribution in [1.82, 2.24) is 0 Å². The van der Waals surface area contributed by atoms with Crippen molar-refractivity contribution in [2.75, 3.05) is 22.4 Å². The van der Waals surface area contributed by atoms with Crippen molar-refractivity contribution in [3.63, 3.8) is 0 Å². The van der Waals surface area contributed by atoms with Crippen LogP contribution >= 0.6 is 0 Å². The molecule has 0 aliphatic rings. The standard InChI is InChI=1S/C23H22N2O3S/c1-3-17-25(29(2,27)28)20-15-13-19(14-16-20)23(26)24-22-12-8-7-11-21(22)18-9-5-4-6-10-18/h3-16H,1,17H2,2H3,(H,24,26). The van der Waals surface area contributed by atoms with Gasteiger partial charge < -0.3 is 5.32 Å². The third-order valence-electron chi connectivity index (χ3n) is 4.37. The molecule has 0 heterocycles. The molecular weight excluding hydrogens is 384 g/mol. The van der Waals surface area contributed by atoms with Gasteiger partial charge in [0.2, 0.25) is 10.0 Å². The fraction of sp³-hybridized carbons (Fsp3) is 0.0870. The van der Waals surface area contributed by atoms with Gasteiger partial charge in [0, 0.05) is 16.8 Å². The van der Waals surface area contributed by atoms with Crippen LogP contribution in [0.1, 0.15) is 10.4 Å². The lowest BCUT2D eigenvalue weighted by Gasteiger charge is -2.20. The number of rotatable bonds is 7. The SMILES string of the molecule is C=CCN(c1ccc(C(=O)Nc2ccccc2-c2ccccc2)cc1)S(C)(=O)=O. The first-order valence-corrected chi connectivity index (χ1v) is 10.9. The number of benzene rings is 3. The quantitative estimate of drug-likeness (QED) is 0.585. The Labute approximate surface area is 171 Å². The molecule has 29 heavy (non-hydrogen) atoms. The van der Waals surface area contributed by atoms with Gasteiger partial charge in [0.15, 0.2) is 0 Å². The van der Waals surface area contributed by atoms with Gasteiger partial charge in [0.1, 0.15) is 0 Å². The Bertz CT molecular complexity index is 1110. The van der Waals surface area contributed by atoms with Crippen LogP contribution in [0.4, 0.5) is 11.4 Å². The normalized spacial score (nSPS) is 10.9. The average molecular weight is 407 g/mol. The van der Waals surface area contributed by atoms with E-state index in [9.17, 15) is 13.2 Å². The first kappa shape index (κ1) is 20.4. The van der Waals surface area contributed by atoms with E-state index in [4.69, 9.17) is 0 Å². The number of sulfonamides is 1. The molecule has 0 atom stereocenters. The summed E-state index contributed by atoms with van der Waals surface area (Å²) in [5.41, 5.74) is 3.55. The molecule has 0 saturated heterocycles. The van der Waals surface area contributed by atoms with Gasteiger partial charge in [-0.25, -0.2) is 8.42 Å². The van der Waals surface area contributed by atoms with Gasteiger partial charge >= 0.3 is 0 Å². The Morgan fingerprint density at radius 2 is 1.59 bits per heavy atom. The van der Waals surface area contributed by atoms with E-state index in [1.807, 2.05) is 54.6 Å². The lowest BCUT2D eigenvalue weighted by Crippen LogP contribution is -2.29. The molecule has 5 nitrogen and oxygen atoms in total. The van der Waals surface area contributed by atoms with Gasteiger partial charge in [-0.2, -0.15) is 0 Å². The first-order chi connectivity index (χ1) is 13.9. The Morgan fingerprint density at radius 3 is 2.21 bits per heavy atom. The van der Waals surface area contributed by atoms with Crippen LogP contribution in [0.25, 0.3) is 11.1 Å². The monoisotopic (exact) mass is 406 g/mol. The number of nitrogens with zero attached hydrogens (tertiary/aromatic N) is 1. The molecule has 0 aliphatic heterocycles. The highest BCUT2D eigenvalue weighted by molar-refractivity contribution is 7.92. The van der Waals surface area contributed by atoms with E-state index in [1.54, 1.807) is 24.3 Å². The molecule has 1 amide bonds. The maximum absolute atomic E-state index is 12.7. The highest BCUT2D eigenvalue weighted by atomic mass is 32.2. The summed E-state index contributed by atoms with van der Waals surface area (Å²) in [6.07, 6.45) is 2.65. The number of hydrogen-bond donors (Lipinski definition) is 1. The van der Waals surface area contributed by atoms with Crippen LogP contribution in [0.15, 0.2) is 91.5 Å². The zero-order valence-electron chi connectivity index (χ0n) is 16.1. The highest BCUT2D eigenvalue weighted by Crippen LogP contribution is 2.28. The van der Waals surface area contributed by atoms with Gasteiger partial charge in [0.25, 0.3) is 5.91 Å². The smallest absolute Gasteiger partial charge is 0.255 e. The second-order valence-corrected chi connectivity index (χ2v) is 8.40. The molecule has 0 fully saturated rings. The van der Waals surface area contributed by atoms with Crippen LogP contribution in [0.3, 0.4) is 0 Å². The molecular formula is C23H22N2O3S. The van der Waals surface area contributed by atoms with Crippen LogP contribution in [0, 0.1) is 0 Å². The summed E-state index contributed by atoms with van der Waals surface area (Å²) in [7, 11) is -3.44. The molecule has 0 unspecified atom stereocenters. The summed E-state index contributed by atoms with van der Waals surface area (Å²) >= 11 is 0. The Hall–Kier alpha value is -3.38. The molecule has 0 radical (unpaired) electrons. The molecule has 0 spiro atoms. The fourth-order valence-corrected chi connectivity index (χ4v) is 3.87. The van der Waals surface area contributed by atoms with Crippen LogP contribution in [0.5, 0.6) is 0 Å². The topological polar surface area (TPSA) is 66.5 Å². The molecule has 0 aliphatic carbocycles. The van der Waals surface area contributed by atoms with Crippen molar-refractivity contribution in [2.24, 2.45) is 0 Å². The second-order valence-electron chi connectivity index (χ2n) is 6.50. The van der Waals surface area contributed by atoms with Gasteiger partial charge in [-0.05, 0) is 35.9 Å². The molecule has 1 N–H and O–H groups in total. The lowest BCUT2D eigenvalue weighted by molar-refractivity contribution is 0.102. The molecule has 0 saturated carbocycles. The molecule has 3 aromatic rings. The van der Waals surface area contributed by atoms with E-state index in [1.165, 1.54) is 10.4 Å². The minimum Gasteiger partial charge on any atom is -0.321 e. The van der Waals surface area contributed by atoms with Crippen molar-refractivity contribution >= 4 is 27.3 Å². The summed E-state index contributed by atoms with van der Waals surface area (Å²) in [4.78, 5) is 12.7. The number of carbonyl (C=O) groups is 1. The van der Waals surface area contributed by atoms with Gasteiger partial charge in [-0.15, -0.1) is 6.58 Å². The molecule has 3 aromatic carbocycles. The van der Waals surface area contributed by atoms with Crippen LogP contribution in [-0.4, -0.2) is 27.1 Å². The molecule has 148 valence electrons. The van der Waals surface area contributed by atoms with Gasteiger partial charge in [-0.1, -0.05) is 54.6 Å². The third-order valence-corrected chi connectivity index (χ3v) is 5.53. The Morgan fingerprint density at radius 1 is 0.966 bits per heavy atom. The first-order valence-electron chi connectivity index (χ1n) is 9.04. The number of carbonyl (C=O) groups excluding carboxylic acids is 1. The highest BCUT2D eigenvalue weighted by Gasteiger charge is 2.17. The largest absolute Gasteiger partial charge is 0.321 e. The summed E-state index contributed by atoms with van der Waals surface area (Å²) in [5.74, 6) is -0.269. The number of hydrogen-bond acceptors (Lipinski definition) is 3. The van der Waals surface area contributed by atoms with E-state index in [0.29, 0.717) is 16.9 Å². The molecule has 0 aromatic heterocycles. The predicted octanol–water partition coefficient (Wildman–Crippen LogP) is 4.56.